The summed E-state index contributed by atoms with van der Waals surface area (Å²) in [7, 11) is 0. The third kappa shape index (κ3) is 1.12. The molecule has 0 radical (unpaired) electrons. The molecular weight excluding hydrogens is 216 g/mol. The predicted molar refractivity (Wildman–Crippen MR) is 66.4 cm³/mol. The maximum Gasteiger partial charge on any atom is 0.152 e. The zero-order valence-corrected chi connectivity index (χ0v) is 10.8. The zero-order chi connectivity index (χ0) is 10.9. The Labute approximate surface area is 102 Å². The van der Waals surface area contributed by atoms with E-state index in [0.29, 0.717) is 11.7 Å². The maximum absolute atomic E-state index is 12.6. The highest BCUT2D eigenvalue weighted by Gasteiger charge is 2.68. The minimum absolute atomic E-state index is 0.00838. The van der Waals surface area contributed by atoms with Crippen molar-refractivity contribution >= 4 is 17.5 Å². The third-order valence-corrected chi connectivity index (χ3v) is 7.31. The van der Waals surface area contributed by atoms with Crippen LogP contribution in [-0.4, -0.2) is 16.3 Å². The van der Waals surface area contributed by atoms with Crippen molar-refractivity contribution in [3.63, 3.8) is 0 Å². The summed E-state index contributed by atoms with van der Waals surface area (Å²) in [6.07, 6.45) is 6.71. The molecule has 0 spiro atoms. The standard InChI is InChI=1S/C14H20OS/c1-14(5-2-6-16-14)13(15)12-10-8-3-4-9(7-8)11(10)12/h8-12H,2-7H2,1H3. The molecule has 0 aromatic carbocycles. The summed E-state index contributed by atoms with van der Waals surface area (Å²) in [5.41, 5.74) is 0. The number of hydrogen-bond donors (Lipinski definition) is 0. The van der Waals surface area contributed by atoms with Gasteiger partial charge in [0.05, 0.1) is 4.75 Å². The number of fused-ring (bicyclic) bond motifs is 5. The molecule has 5 atom stereocenters. The normalized spacial score (nSPS) is 57.7. The highest BCUT2D eigenvalue weighted by atomic mass is 32.2. The van der Waals surface area contributed by atoms with Crippen LogP contribution < -0.4 is 0 Å². The Kier molecular flexibility index (Phi) is 1.92. The van der Waals surface area contributed by atoms with Crippen molar-refractivity contribution < 1.29 is 4.79 Å². The minimum atomic E-state index is 0.00838. The molecule has 16 heavy (non-hydrogen) atoms. The summed E-state index contributed by atoms with van der Waals surface area (Å²) in [5, 5.41) is 0. The summed E-state index contributed by atoms with van der Waals surface area (Å²) in [6, 6.07) is 0. The van der Waals surface area contributed by atoms with Gasteiger partial charge in [-0.25, -0.2) is 0 Å². The molecule has 2 bridgehead atoms. The smallest absolute Gasteiger partial charge is 0.152 e. The number of thioether (sulfide) groups is 1. The monoisotopic (exact) mass is 236 g/mol. The van der Waals surface area contributed by atoms with Crippen LogP contribution in [0, 0.1) is 29.6 Å². The SMILES string of the molecule is CC1(C(=O)C2C3C4CCC(C4)C23)CCCS1. The van der Waals surface area contributed by atoms with Gasteiger partial charge in [-0.2, -0.15) is 0 Å². The Morgan fingerprint density at radius 3 is 2.50 bits per heavy atom. The van der Waals surface area contributed by atoms with E-state index >= 15 is 0 Å². The quantitative estimate of drug-likeness (QED) is 0.732. The second kappa shape index (κ2) is 3.07. The molecule has 3 saturated carbocycles. The number of rotatable bonds is 2. The highest BCUT2D eigenvalue weighted by Crippen LogP contribution is 2.70. The van der Waals surface area contributed by atoms with E-state index in [0.717, 1.165) is 30.1 Å². The van der Waals surface area contributed by atoms with Gasteiger partial charge >= 0.3 is 0 Å². The largest absolute Gasteiger partial charge is 0.298 e. The third-order valence-electron chi connectivity index (χ3n) is 5.78. The molecule has 2 heteroatoms. The van der Waals surface area contributed by atoms with E-state index in [4.69, 9.17) is 0 Å². The highest BCUT2D eigenvalue weighted by molar-refractivity contribution is 8.01. The number of carbonyl (C=O) groups is 1. The van der Waals surface area contributed by atoms with Crippen molar-refractivity contribution in [2.45, 2.75) is 43.8 Å². The summed E-state index contributed by atoms with van der Waals surface area (Å²) >= 11 is 1.93. The van der Waals surface area contributed by atoms with Gasteiger partial charge in [-0.1, -0.05) is 0 Å². The zero-order valence-electron chi connectivity index (χ0n) is 9.95. The molecule has 1 heterocycles. The summed E-state index contributed by atoms with van der Waals surface area (Å²) in [6.45, 7) is 2.21. The molecule has 3 aliphatic carbocycles. The first-order valence-corrected chi connectivity index (χ1v) is 7.87. The first-order chi connectivity index (χ1) is 7.71. The molecule has 0 N–H and O–H groups in total. The molecule has 1 nitrogen and oxygen atoms in total. The first-order valence-electron chi connectivity index (χ1n) is 6.89. The van der Waals surface area contributed by atoms with Gasteiger partial charge in [0.2, 0.25) is 0 Å². The Bertz CT molecular complexity index is 329. The Morgan fingerprint density at radius 1 is 1.25 bits per heavy atom. The van der Waals surface area contributed by atoms with Crippen LogP contribution in [0.15, 0.2) is 0 Å². The van der Waals surface area contributed by atoms with Crippen LogP contribution >= 0.6 is 11.8 Å². The van der Waals surface area contributed by atoms with Gasteiger partial charge in [-0.3, -0.25) is 4.79 Å². The van der Waals surface area contributed by atoms with Crippen LogP contribution in [0.4, 0.5) is 0 Å². The Hall–Kier alpha value is 0.0200. The molecule has 0 aromatic heterocycles. The van der Waals surface area contributed by atoms with E-state index in [1.54, 1.807) is 0 Å². The fourth-order valence-corrected chi connectivity index (χ4v) is 6.31. The van der Waals surface area contributed by atoms with Crippen LogP contribution in [0.3, 0.4) is 0 Å². The van der Waals surface area contributed by atoms with Gasteiger partial charge in [0.25, 0.3) is 0 Å². The molecule has 0 amide bonds. The van der Waals surface area contributed by atoms with E-state index in [1.807, 2.05) is 11.8 Å². The molecular formula is C14H20OS. The lowest BCUT2D eigenvalue weighted by molar-refractivity contribution is -0.123. The molecule has 1 aliphatic heterocycles. The second-order valence-corrected chi connectivity index (χ2v) is 8.16. The van der Waals surface area contributed by atoms with Crippen molar-refractivity contribution in [3.05, 3.63) is 0 Å². The maximum atomic E-state index is 12.6. The van der Waals surface area contributed by atoms with Crippen LogP contribution in [0.2, 0.25) is 0 Å². The second-order valence-electron chi connectivity index (χ2n) is 6.56. The molecule has 4 aliphatic rings. The fourth-order valence-electron chi connectivity index (χ4n) is 5.00. The molecule has 4 rings (SSSR count). The molecule has 4 fully saturated rings. The van der Waals surface area contributed by atoms with E-state index < -0.39 is 0 Å². The minimum Gasteiger partial charge on any atom is -0.298 e. The summed E-state index contributed by atoms with van der Waals surface area (Å²) in [5.74, 6) is 5.91. The van der Waals surface area contributed by atoms with Crippen molar-refractivity contribution in [1.29, 1.82) is 0 Å². The average molecular weight is 236 g/mol. The van der Waals surface area contributed by atoms with Crippen molar-refractivity contribution in [2.24, 2.45) is 29.6 Å². The van der Waals surface area contributed by atoms with Gasteiger partial charge < -0.3 is 0 Å². The van der Waals surface area contributed by atoms with Gasteiger partial charge in [0, 0.05) is 5.92 Å². The lowest BCUT2D eigenvalue weighted by Crippen LogP contribution is -2.32. The topological polar surface area (TPSA) is 17.1 Å². The average Bonchev–Trinajstić information content (AvgIpc) is 2.70. The summed E-state index contributed by atoms with van der Waals surface area (Å²) < 4.78 is 0.00838. The van der Waals surface area contributed by atoms with E-state index in [2.05, 4.69) is 6.92 Å². The number of hydrogen-bond acceptors (Lipinski definition) is 2. The molecule has 1 saturated heterocycles. The summed E-state index contributed by atoms with van der Waals surface area (Å²) in [4.78, 5) is 12.6. The molecule has 5 unspecified atom stereocenters. The number of carbonyl (C=O) groups excluding carboxylic acids is 1. The van der Waals surface area contributed by atoms with E-state index in [1.165, 1.54) is 31.4 Å². The molecule has 88 valence electrons. The van der Waals surface area contributed by atoms with Crippen molar-refractivity contribution in [3.8, 4) is 0 Å². The van der Waals surface area contributed by atoms with Crippen LogP contribution in [0.1, 0.15) is 39.0 Å². The van der Waals surface area contributed by atoms with Crippen LogP contribution in [0.5, 0.6) is 0 Å². The molecule has 0 aromatic rings. The Balaban J connectivity index is 1.54. The van der Waals surface area contributed by atoms with Gasteiger partial charge in [-0.05, 0) is 68.5 Å². The Morgan fingerprint density at radius 2 is 1.94 bits per heavy atom. The number of Topliss-reactive ketones (excluding diaryl/α,β-unsaturated/α-hetero) is 1. The lowest BCUT2D eigenvalue weighted by atomic mass is 9.91. The van der Waals surface area contributed by atoms with Crippen molar-refractivity contribution in [1.82, 2.24) is 0 Å². The van der Waals surface area contributed by atoms with E-state index in [-0.39, 0.29) is 4.75 Å². The number of ketones is 1. The van der Waals surface area contributed by atoms with E-state index in [9.17, 15) is 4.79 Å². The lowest BCUT2D eigenvalue weighted by Gasteiger charge is -2.22. The first kappa shape index (κ1) is 9.99. The van der Waals surface area contributed by atoms with Crippen LogP contribution in [0.25, 0.3) is 0 Å². The predicted octanol–water partition coefficient (Wildman–Crippen LogP) is 3.13. The van der Waals surface area contributed by atoms with Gasteiger partial charge in [0.15, 0.2) is 5.78 Å². The van der Waals surface area contributed by atoms with Crippen LogP contribution in [-0.2, 0) is 4.79 Å². The van der Waals surface area contributed by atoms with Gasteiger partial charge in [-0.15, -0.1) is 11.8 Å². The fraction of sp³-hybridized carbons (Fsp3) is 0.929. The van der Waals surface area contributed by atoms with Crippen molar-refractivity contribution in [2.75, 3.05) is 5.75 Å². The van der Waals surface area contributed by atoms with Gasteiger partial charge in [0.1, 0.15) is 0 Å².